The molecule has 2 atom stereocenters. The van der Waals surface area contributed by atoms with E-state index >= 15 is 0 Å². The summed E-state index contributed by atoms with van der Waals surface area (Å²) in [5, 5.41) is 14.6. The van der Waals surface area contributed by atoms with Gasteiger partial charge in [0.15, 0.2) is 0 Å². The maximum Gasteiger partial charge on any atom is 0.407 e. The fraction of sp³-hybridized carbons (Fsp3) is 0.471. The fourth-order valence-electron chi connectivity index (χ4n) is 1.98. The van der Waals surface area contributed by atoms with E-state index in [1.807, 2.05) is 30.3 Å². The SMILES string of the molecule is CC[C@H](NC(=O)C[C@H](O)CNC(=O)OCc1ccccc1)C(=O)OC. The summed E-state index contributed by atoms with van der Waals surface area (Å²) < 4.78 is 9.55. The summed E-state index contributed by atoms with van der Waals surface area (Å²) in [4.78, 5) is 34.7. The molecule has 2 amide bonds. The number of rotatable bonds is 9. The number of methoxy groups -OCH3 is 1. The Bertz CT molecular complexity index is 564. The Morgan fingerprint density at radius 2 is 1.88 bits per heavy atom. The number of aliphatic hydroxyl groups excluding tert-OH is 1. The van der Waals surface area contributed by atoms with Gasteiger partial charge in [0, 0.05) is 6.54 Å². The minimum atomic E-state index is -1.10. The Morgan fingerprint density at radius 3 is 2.48 bits per heavy atom. The minimum Gasteiger partial charge on any atom is -0.467 e. The second-order valence-corrected chi connectivity index (χ2v) is 5.35. The Labute approximate surface area is 146 Å². The summed E-state index contributed by atoms with van der Waals surface area (Å²) >= 11 is 0. The van der Waals surface area contributed by atoms with Gasteiger partial charge in [-0.2, -0.15) is 0 Å². The molecule has 0 fully saturated rings. The van der Waals surface area contributed by atoms with Crippen molar-refractivity contribution in [1.82, 2.24) is 10.6 Å². The molecule has 1 aromatic rings. The van der Waals surface area contributed by atoms with Gasteiger partial charge >= 0.3 is 12.1 Å². The van der Waals surface area contributed by atoms with Crippen LogP contribution in [0.25, 0.3) is 0 Å². The van der Waals surface area contributed by atoms with Crippen molar-refractivity contribution in [1.29, 1.82) is 0 Å². The first kappa shape index (κ1) is 20.4. The first-order chi connectivity index (χ1) is 12.0. The van der Waals surface area contributed by atoms with Gasteiger partial charge in [0.1, 0.15) is 12.6 Å². The van der Waals surface area contributed by atoms with E-state index in [0.29, 0.717) is 6.42 Å². The monoisotopic (exact) mass is 352 g/mol. The van der Waals surface area contributed by atoms with Crippen molar-refractivity contribution in [2.45, 2.75) is 38.5 Å². The molecule has 0 bridgehead atoms. The van der Waals surface area contributed by atoms with E-state index in [9.17, 15) is 19.5 Å². The van der Waals surface area contributed by atoms with Gasteiger partial charge in [-0.25, -0.2) is 9.59 Å². The first-order valence-electron chi connectivity index (χ1n) is 7.96. The van der Waals surface area contributed by atoms with Crippen molar-refractivity contribution < 1.29 is 29.0 Å². The molecule has 0 spiro atoms. The second kappa shape index (κ2) is 11.0. The van der Waals surface area contributed by atoms with E-state index in [0.717, 1.165) is 5.56 Å². The van der Waals surface area contributed by atoms with Gasteiger partial charge in [0.2, 0.25) is 5.91 Å². The molecular formula is C17H24N2O6. The predicted octanol–water partition coefficient (Wildman–Crippen LogP) is 0.732. The van der Waals surface area contributed by atoms with Gasteiger partial charge in [-0.05, 0) is 12.0 Å². The molecule has 0 aromatic heterocycles. The van der Waals surface area contributed by atoms with Crippen LogP contribution < -0.4 is 10.6 Å². The number of carbonyl (C=O) groups is 3. The van der Waals surface area contributed by atoms with E-state index in [1.54, 1.807) is 6.92 Å². The van der Waals surface area contributed by atoms with Crippen molar-refractivity contribution in [2.75, 3.05) is 13.7 Å². The lowest BCUT2D eigenvalue weighted by atomic mass is 10.2. The molecule has 0 aliphatic rings. The van der Waals surface area contributed by atoms with E-state index < -0.39 is 30.1 Å². The van der Waals surface area contributed by atoms with Crippen molar-refractivity contribution >= 4 is 18.0 Å². The molecule has 0 aliphatic carbocycles. The van der Waals surface area contributed by atoms with Gasteiger partial charge in [0.25, 0.3) is 0 Å². The third-order valence-corrected chi connectivity index (χ3v) is 3.34. The number of nitrogens with one attached hydrogen (secondary N) is 2. The average molecular weight is 352 g/mol. The van der Waals surface area contributed by atoms with Crippen LogP contribution in [-0.2, 0) is 25.7 Å². The molecule has 8 heteroatoms. The summed E-state index contributed by atoms with van der Waals surface area (Å²) in [5.41, 5.74) is 0.839. The van der Waals surface area contributed by atoms with E-state index in [4.69, 9.17) is 4.74 Å². The number of aliphatic hydroxyl groups is 1. The number of hydrogen-bond acceptors (Lipinski definition) is 6. The van der Waals surface area contributed by atoms with E-state index in [2.05, 4.69) is 15.4 Å². The Hall–Kier alpha value is -2.61. The second-order valence-electron chi connectivity index (χ2n) is 5.35. The van der Waals surface area contributed by atoms with Gasteiger partial charge in [0.05, 0.1) is 19.6 Å². The highest BCUT2D eigenvalue weighted by molar-refractivity contribution is 5.84. The quantitative estimate of drug-likeness (QED) is 0.565. The van der Waals surface area contributed by atoms with Crippen LogP contribution in [0.15, 0.2) is 30.3 Å². The maximum atomic E-state index is 11.8. The van der Waals surface area contributed by atoms with Crippen molar-refractivity contribution in [3.63, 3.8) is 0 Å². The molecule has 0 saturated heterocycles. The van der Waals surface area contributed by atoms with Crippen molar-refractivity contribution in [3.8, 4) is 0 Å². The van der Waals surface area contributed by atoms with Crippen molar-refractivity contribution in [3.05, 3.63) is 35.9 Å². The first-order valence-corrected chi connectivity index (χ1v) is 7.96. The highest BCUT2D eigenvalue weighted by atomic mass is 16.5. The smallest absolute Gasteiger partial charge is 0.407 e. The largest absolute Gasteiger partial charge is 0.467 e. The molecule has 1 aromatic carbocycles. The topological polar surface area (TPSA) is 114 Å². The number of ether oxygens (including phenoxy) is 2. The Balaban J connectivity index is 2.26. The standard InChI is InChI=1S/C17H24N2O6/c1-3-14(16(22)24-2)19-15(21)9-13(20)10-18-17(23)25-11-12-7-5-4-6-8-12/h4-8,13-14,20H,3,9-11H2,1-2H3,(H,18,23)(H,19,21)/t13-,14-/m0/s1. The maximum absolute atomic E-state index is 11.8. The third-order valence-electron chi connectivity index (χ3n) is 3.34. The molecule has 0 unspecified atom stereocenters. The summed E-state index contributed by atoms with van der Waals surface area (Å²) in [7, 11) is 1.23. The van der Waals surface area contributed by atoms with E-state index in [1.165, 1.54) is 7.11 Å². The highest BCUT2D eigenvalue weighted by Gasteiger charge is 2.21. The molecular weight excluding hydrogens is 328 g/mol. The molecule has 0 saturated carbocycles. The lowest BCUT2D eigenvalue weighted by Gasteiger charge is -2.16. The minimum absolute atomic E-state index is 0.112. The molecule has 0 heterocycles. The van der Waals surface area contributed by atoms with Crippen LogP contribution in [0.1, 0.15) is 25.3 Å². The lowest BCUT2D eigenvalue weighted by molar-refractivity contribution is -0.145. The number of benzene rings is 1. The van der Waals surface area contributed by atoms with Gasteiger partial charge in [-0.1, -0.05) is 37.3 Å². The van der Waals surface area contributed by atoms with Crippen LogP contribution in [-0.4, -0.2) is 48.9 Å². The summed E-state index contributed by atoms with van der Waals surface area (Å²) in [6, 6.07) is 8.39. The zero-order chi connectivity index (χ0) is 18.7. The summed E-state index contributed by atoms with van der Waals surface area (Å²) in [6.45, 7) is 1.69. The van der Waals surface area contributed by atoms with Gasteiger partial charge in [-0.3, -0.25) is 4.79 Å². The van der Waals surface area contributed by atoms with Crippen LogP contribution in [0.5, 0.6) is 0 Å². The normalized spacial score (nSPS) is 12.6. The number of hydrogen-bond donors (Lipinski definition) is 3. The summed E-state index contributed by atoms with van der Waals surface area (Å²) in [6.07, 6.45) is -1.67. The average Bonchev–Trinajstić information content (AvgIpc) is 2.62. The number of carbonyl (C=O) groups excluding carboxylic acids is 3. The Morgan fingerprint density at radius 1 is 1.20 bits per heavy atom. The van der Waals surface area contributed by atoms with Crippen LogP contribution in [0.2, 0.25) is 0 Å². The molecule has 8 nitrogen and oxygen atoms in total. The number of amides is 2. The molecule has 25 heavy (non-hydrogen) atoms. The number of esters is 1. The highest BCUT2D eigenvalue weighted by Crippen LogP contribution is 2.01. The fourth-order valence-corrected chi connectivity index (χ4v) is 1.98. The lowest BCUT2D eigenvalue weighted by Crippen LogP contribution is -2.43. The van der Waals surface area contributed by atoms with Gasteiger partial charge in [-0.15, -0.1) is 0 Å². The molecule has 0 radical (unpaired) electrons. The zero-order valence-electron chi connectivity index (χ0n) is 14.4. The van der Waals surface area contributed by atoms with E-state index in [-0.39, 0.29) is 19.6 Å². The molecule has 138 valence electrons. The molecule has 3 N–H and O–H groups in total. The summed E-state index contributed by atoms with van der Waals surface area (Å²) in [5.74, 6) is -1.06. The predicted molar refractivity (Wildman–Crippen MR) is 89.5 cm³/mol. The van der Waals surface area contributed by atoms with Crippen LogP contribution in [0.4, 0.5) is 4.79 Å². The van der Waals surface area contributed by atoms with Crippen molar-refractivity contribution in [2.24, 2.45) is 0 Å². The van der Waals surface area contributed by atoms with Crippen LogP contribution in [0.3, 0.4) is 0 Å². The van der Waals surface area contributed by atoms with Crippen LogP contribution in [0, 0.1) is 0 Å². The van der Waals surface area contributed by atoms with Crippen LogP contribution >= 0.6 is 0 Å². The molecule has 0 aliphatic heterocycles. The zero-order valence-corrected chi connectivity index (χ0v) is 14.4. The number of alkyl carbamates (subject to hydrolysis) is 1. The van der Waals surface area contributed by atoms with Gasteiger partial charge < -0.3 is 25.2 Å². The Kier molecular flexibility index (Phi) is 9.02. The third kappa shape index (κ3) is 8.16. The molecule has 1 rings (SSSR count).